The Hall–Kier alpha value is -3.18. The number of hydrogen-bond donors (Lipinski definition) is 3. The van der Waals surface area contributed by atoms with Gasteiger partial charge in [-0.2, -0.15) is 13.2 Å². The summed E-state index contributed by atoms with van der Waals surface area (Å²) >= 11 is 0. The van der Waals surface area contributed by atoms with E-state index in [2.05, 4.69) is 10.3 Å². The van der Waals surface area contributed by atoms with Crippen LogP contribution in [0.25, 0.3) is 5.57 Å². The van der Waals surface area contributed by atoms with Crippen molar-refractivity contribution in [3.05, 3.63) is 59.2 Å². The number of ether oxygens (including phenoxy) is 1. The second-order valence-corrected chi connectivity index (χ2v) is 7.48. The lowest BCUT2D eigenvalue weighted by atomic mass is 10.0. The maximum Gasteiger partial charge on any atom is 0.419 e. The monoisotopic (exact) mass is 469 g/mol. The molecule has 1 atom stereocenters. The van der Waals surface area contributed by atoms with E-state index in [-0.39, 0.29) is 30.9 Å². The highest BCUT2D eigenvalue weighted by molar-refractivity contribution is 5.90. The van der Waals surface area contributed by atoms with E-state index in [9.17, 15) is 27.5 Å². The van der Waals surface area contributed by atoms with E-state index in [4.69, 9.17) is 9.84 Å². The Kier molecular flexibility index (Phi) is 7.54. The minimum absolute atomic E-state index is 0.0719. The average Bonchev–Trinajstić information content (AvgIpc) is 2.78. The first-order valence-corrected chi connectivity index (χ1v) is 10.1. The third-order valence-electron chi connectivity index (χ3n) is 5.14. The summed E-state index contributed by atoms with van der Waals surface area (Å²) < 4.78 is 58.2. The summed E-state index contributed by atoms with van der Waals surface area (Å²) in [6, 6.07) is 3.80. The number of halogens is 4. The van der Waals surface area contributed by atoms with E-state index in [1.807, 2.05) is 0 Å². The molecule has 1 aliphatic rings. The fourth-order valence-corrected chi connectivity index (χ4v) is 3.44. The van der Waals surface area contributed by atoms with Crippen molar-refractivity contribution in [3.8, 4) is 5.75 Å². The SMILES string of the molecule is COc1cc(NC(=O)N2CC=C(c3ncc(CC(O)CO)cc3F)CC2)ccc1C(F)(F)F. The number of nitrogens with one attached hydrogen (secondary N) is 1. The predicted molar refractivity (Wildman–Crippen MR) is 112 cm³/mol. The Morgan fingerprint density at radius 2 is 2.09 bits per heavy atom. The summed E-state index contributed by atoms with van der Waals surface area (Å²) in [6.07, 6.45) is -2.10. The number of carbonyl (C=O) groups excluding carboxylic acids is 1. The van der Waals surface area contributed by atoms with Gasteiger partial charge in [-0.25, -0.2) is 9.18 Å². The van der Waals surface area contributed by atoms with Crippen molar-refractivity contribution in [1.29, 1.82) is 0 Å². The van der Waals surface area contributed by atoms with Gasteiger partial charge in [-0.1, -0.05) is 6.08 Å². The second-order valence-electron chi connectivity index (χ2n) is 7.48. The Bertz CT molecular complexity index is 1040. The molecular formula is C22H23F4N3O4. The molecular weight excluding hydrogens is 446 g/mol. The van der Waals surface area contributed by atoms with Gasteiger partial charge >= 0.3 is 12.2 Å². The lowest BCUT2D eigenvalue weighted by Crippen LogP contribution is -2.38. The summed E-state index contributed by atoms with van der Waals surface area (Å²) in [5.74, 6) is -0.976. The topological polar surface area (TPSA) is 94.9 Å². The van der Waals surface area contributed by atoms with Crippen LogP contribution in [0.2, 0.25) is 0 Å². The smallest absolute Gasteiger partial charge is 0.419 e. The molecule has 2 amide bonds. The molecule has 1 unspecified atom stereocenters. The first kappa shape index (κ1) is 24.5. The van der Waals surface area contributed by atoms with Gasteiger partial charge in [0.15, 0.2) is 0 Å². The number of aliphatic hydroxyl groups excluding tert-OH is 2. The molecule has 1 aromatic carbocycles. The third-order valence-corrected chi connectivity index (χ3v) is 5.14. The zero-order chi connectivity index (χ0) is 24.2. The van der Waals surface area contributed by atoms with Crippen molar-refractivity contribution in [2.24, 2.45) is 0 Å². The maximum atomic E-state index is 14.5. The highest BCUT2D eigenvalue weighted by Crippen LogP contribution is 2.37. The van der Waals surface area contributed by atoms with E-state index in [0.29, 0.717) is 17.6 Å². The van der Waals surface area contributed by atoms with Crippen LogP contribution >= 0.6 is 0 Å². The van der Waals surface area contributed by atoms with Crippen molar-refractivity contribution in [2.75, 3.05) is 32.1 Å². The first-order valence-electron chi connectivity index (χ1n) is 10.1. The fourth-order valence-electron chi connectivity index (χ4n) is 3.44. The molecule has 2 heterocycles. The third kappa shape index (κ3) is 5.99. The van der Waals surface area contributed by atoms with Crippen LogP contribution in [0.1, 0.15) is 23.2 Å². The number of benzene rings is 1. The maximum absolute atomic E-state index is 14.5. The molecule has 11 heteroatoms. The largest absolute Gasteiger partial charge is 0.496 e. The van der Waals surface area contributed by atoms with Gasteiger partial charge in [0, 0.05) is 37.5 Å². The van der Waals surface area contributed by atoms with Gasteiger partial charge in [0.1, 0.15) is 17.3 Å². The highest BCUT2D eigenvalue weighted by Gasteiger charge is 2.34. The van der Waals surface area contributed by atoms with E-state index < -0.39 is 42.0 Å². The van der Waals surface area contributed by atoms with Crippen molar-refractivity contribution in [1.82, 2.24) is 9.88 Å². The first-order chi connectivity index (χ1) is 15.6. The molecule has 0 saturated heterocycles. The number of pyridine rings is 1. The van der Waals surface area contributed by atoms with E-state index in [1.54, 1.807) is 6.08 Å². The summed E-state index contributed by atoms with van der Waals surface area (Å²) in [5.41, 5.74) is 0.405. The summed E-state index contributed by atoms with van der Waals surface area (Å²) in [5, 5.41) is 20.9. The minimum atomic E-state index is -4.58. The number of methoxy groups -OCH3 is 1. The summed E-state index contributed by atoms with van der Waals surface area (Å²) in [7, 11) is 1.11. The molecule has 2 aromatic rings. The van der Waals surface area contributed by atoms with Gasteiger partial charge in [-0.05, 0) is 35.8 Å². The molecule has 0 spiro atoms. The predicted octanol–water partition coefficient (Wildman–Crippen LogP) is 3.47. The van der Waals surface area contributed by atoms with Gasteiger partial charge in [-0.3, -0.25) is 4.98 Å². The van der Waals surface area contributed by atoms with Crippen LogP contribution in [-0.4, -0.2) is 59.0 Å². The minimum Gasteiger partial charge on any atom is -0.496 e. The van der Waals surface area contributed by atoms with Crippen molar-refractivity contribution >= 4 is 17.3 Å². The van der Waals surface area contributed by atoms with Gasteiger partial charge in [0.2, 0.25) is 0 Å². The van der Waals surface area contributed by atoms with Crippen LogP contribution in [-0.2, 0) is 12.6 Å². The molecule has 1 aliphatic heterocycles. The number of carbonyl (C=O) groups is 1. The number of aliphatic hydroxyl groups is 2. The van der Waals surface area contributed by atoms with Crippen LogP contribution in [0.15, 0.2) is 36.5 Å². The fraction of sp³-hybridized carbons (Fsp3) is 0.364. The van der Waals surface area contributed by atoms with Gasteiger partial charge < -0.3 is 25.2 Å². The van der Waals surface area contributed by atoms with Crippen molar-refractivity contribution in [2.45, 2.75) is 25.1 Å². The average molecular weight is 469 g/mol. The molecule has 7 nitrogen and oxygen atoms in total. The number of amides is 2. The Balaban J connectivity index is 1.65. The number of aromatic nitrogens is 1. The van der Waals surface area contributed by atoms with E-state index >= 15 is 0 Å². The number of anilines is 1. The number of alkyl halides is 3. The van der Waals surface area contributed by atoms with Crippen LogP contribution in [0.3, 0.4) is 0 Å². The molecule has 178 valence electrons. The zero-order valence-corrected chi connectivity index (χ0v) is 17.7. The summed E-state index contributed by atoms with van der Waals surface area (Å²) in [4.78, 5) is 18.1. The molecule has 0 radical (unpaired) electrons. The Labute approximate surface area is 187 Å². The molecule has 33 heavy (non-hydrogen) atoms. The molecule has 1 aromatic heterocycles. The number of rotatable bonds is 6. The number of urea groups is 1. The number of hydrogen-bond acceptors (Lipinski definition) is 5. The van der Waals surface area contributed by atoms with Gasteiger partial charge in [-0.15, -0.1) is 0 Å². The van der Waals surface area contributed by atoms with Crippen molar-refractivity contribution < 1.29 is 37.3 Å². The molecule has 3 rings (SSSR count). The Morgan fingerprint density at radius 3 is 2.67 bits per heavy atom. The van der Waals surface area contributed by atoms with Crippen LogP contribution in [0, 0.1) is 5.82 Å². The molecule has 0 saturated carbocycles. The van der Waals surface area contributed by atoms with E-state index in [0.717, 1.165) is 25.3 Å². The van der Waals surface area contributed by atoms with E-state index in [1.165, 1.54) is 17.2 Å². The summed E-state index contributed by atoms with van der Waals surface area (Å²) in [6.45, 7) is -0.0295. The van der Waals surface area contributed by atoms with Crippen molar-refractivity contribution in [3.63, 3.8) is 0 Å². The van der Waals surface area contributed by atoms with Crippen LogP contribution in [0.4, 0.5) is 28.0 Å². The second kappa shape index (κ2) is 10.2. The molecule has 0 fully saturated rings. The zero-order valence-electron chi connectivity index (χ0n) is 17.7. The lowest BCUT2D eigenvalue weighted by Gasteiger charge is -2.27. The van der Waals surface area contributed by atoms with Crippen LogP contribution in [0.5, 0.6) is 5.75 Å². The van der Waals surface area contributed by atoms with Gasteiger partial charge in [0.05, 0.1) is 25.4 Å². The molecule has 3 N–H and O–H groups in total. The lowest BCUT2D eigenvalue weighted by molar-refractivity contribution is -0.138. The Morgan fingerprint density at radius 1 is 1.33 bits per heavy atom. The number of nitrogens with zero attached hydrogens (tertiary/aromatic N) is 2. The normalized spacial score (nSPS) is 15.1. The van der Waals surface area contributed by atoms with Crippen LogP contribution < -0.4 is 10.1 Å². The highest BCUT2D eigenvalue weighted by atomic mass is 19.4. The standard InChI is InChI=1S/C22H23F4N3O4/c1-33-19-10-15(2-3-17(19)22(24,25)26)28-21(32)29-6-4-14(5-7-29)20-18(23)9-13(11-27-20)8-16(31)12-30/h2-4,9-11,16,30-31H,5-8,12H2,1H3,(H,28,32). The quantitative estimate of drug-likeness (QED) is 0.564. The van der Waals surface area contributed by atoms with Gasteiger partial charge in [0.25, 0.3) is 0 Å². The molecule has 0 aliphatic carbocycles. The molecule has 0 bridgehead atoms.